The van der Waals surface area contributed by atoms with Crippen molar-refractivity contribution in [2.45, 2.75) is 65.1 Å². The third-order valence-corrected chi connectivity index (χ3v) is 8.10. The van der Waals surface area contributed by atoms with Gasteiger partial charge in [0, 0.05) is 32.0 Å². The average Bonchev–Trinajstić information content (AvgIpc) is 2.93. The summed E-state index contributed by atoms with van der Waals surface area (Å²) in [5.74, 6) is -0.385. The minimum absolute atomic E-state index is 0.0316. The highest BCUT2D eigenvalue weighted by molar-refractivity contribution is 7.92. The number of rotatable bonds is 14. The number of carbonyl (C=O) groups is 2. The molecule has 1 N–H and O–H groups in total. The maximum absolute atomic E-state index is 13.9. The predicted octanol–water partition coefficient (Wildman–Crippen LogP) is 5.10. The molecule has 2 atom stereocenters. The van der Waals surface area contributed by atoms with E-state index in [0.29, 0.717) is 18.5 Å². The Morgan fingerprint density at radius 1 is 0.900 bits per heavy atom. The first-order valence-electron chi connectivity index (χ1n) is 13.8. The standard InChI is InChI=1S/C32H41N3O4S/c1-5-26(3)33-32(37)30(23-27-15-8-6-9-16-27)34(24-28-17-12-14-25(2)22-28)31(36)20-13-21-35(40(4,38)39)29-18-10-7-11-19-29/h6-12,14-19,22,26,30H,5,13,20-21,23-24H2,1-4H3,(H,33,37)/t26-,30-/m0/s1. The summed E-state index contributed by atoms with van der Waals surface area (Å²) in [7, 11) is -3.53. The fourth-order valence-electron chi connectivity index (χ4n) is 4.60. The third-order valence-electron chi connectivity index (χ3n) is 6.90. The molecule has 0 spiro atoms. The second kappa shape index (κ2) is 14.7. The van der Waals surface area contributed by atoms with Crippen LogP contribution in [0.2, 0.25) is 0 Å². The Labute approximate surface area is 239 Å². The molecule has 0 fully saturated rings. The van der Waals surface area contributed by atoms with Gasteiger partial charge in [0.05, 0.1) is 11.9 Å². The zero-order valence-corrected chi connectivity index (χ0v) is 24.7. The van der Waals surface area contributed by atoms with Crippen LogP contribution in [-0.2, 0) is 32.6 Å². The first-order valence-corrected chi connectivity index (χ1v) is 15.7. The van der Waals surface area contributed by atoms with Gasteiger partial charge >= 0.3 is 0 Å². The van der Waals surface area contributed by atoms with Crippen LogP contribution >= 0.6 is 0 Å². The van der Waals surface area contributed by atoms with Crippen molar-refractivity contribution in [3.8, 4) is 0 Å². The number of benzene rings is 3. The molecule has 3 aromatic carbocycles. The van der Waals surface area contributed by atoms with Gasteiger partial charge in [-0.05, 0) is 49.9 Å². The molecule has 40 heavy (non-hydrogen) atoms. The van der Waals surface area contributed by atoms with Crippen LogP contribution in [0, 0.1) is 6.92 Å². The van der Waals surface area contributed by atoms with Crippen molar-refractivity contribution in [2.75, 3.05) is 17.1 Å². The SMILES string of the molecule is CC[C@H](C)NC(=O)[C@H](Cc1ccccc1)N(Cc1cccc(C)c1)C(=O)CCCN(c1ccccc1)S(C)(=O)=O. The summed E-state index contributed by atoms with van der Waals surface area (Å²) in [4.78, 5) is 29.2. The van der Waals surface area contributed by atoms with Crippen molar-refractivity contribution in [1.29, 1.82) is 0 Å². The lowest BCUT2D eigenvalue weighted by atomic mass is 10.0. The van der Waals surface area contributed by atoms with E-state index in [1.807, 2.05) is 81.4 Å². The van der Waals surface area contributed by atoms with Crippen molar-refractivity contribution < 1.29 is 18.0 Å². The number of hydrogen-bond acceptors (Lipinski definition) is 4. The van der Waals surface area contributed by atoms with E-state index in [9.17, 15) is 18.0 Å². The molecule has 0 aromatic heterocycles. The molecule has 0 saturated heterocycles. The van der Waals surface area contributed by atoms with Crippen LogP contribution in [0.5, 0.6) is 0 Å². The molecular formula is C32H41N3O4S. The van der Waals surface area contributed by atoms with E-state index in [-0.39, 0.29) is 37.4 Å². The van der Waals surface area contributed by atoms with Crippen LogP contribution in [0.15, 0.2) is 84.9 Å². The Balaban J connectivity index is 1.88. The molecule has 0 aliphatic carbocycles. The lowest BCUT2D eigenvalue weighted by Crippen LogP contribution is -2.52. The highest BCUT2D eigenvalue weighted by Crippen LogP contribution is 2.20. The third kappa shape index (κ3) is 9.23. The van der Waals surface area contributed by atoms with Crippen molar-refractivity contribution in [3.05, 3.63) is 102 Å². The fourth-order valence-corrected chi connectivity index (χ4v) is 5.57. The molecule has 0 saturated carbocycles. The maximum atomic E-state index is 13.9. The monoisotopic (exact) mass is 563 g/mol. The number of nitrogens with zero attached hydrogens (tertiary/aromatic N) is 2. The van der Waals surface area contributed by atoms with Crippen LogP contribution in [0.1, 0.15) is 49.8 Å². The lowest BCUT2D eigenvalue weighted by Gasteiger charge is -2.33. The smallest absolute Gasteiger partial charge is 0.243 e. The summed E-state index contributed by atoms with van der Waals surface area (Å²) in [6, 6.07) is 25.7. The Morgan fingerprint density at radius 2 is 1.52 bits per heavy atom. The van der Waals surface area contributed by atoms with Crippen LogP contribution in [0.25, 0.3) is 0 Å². The van der Waals surface area contributed by atoms with E-state index < -0.39 is 16.1 Å². The predicted molar refractivity (Wildman–Crippen MR) is 161 cm³/mol. The molecule has 0 unspecified atom stereocenters. The summed E-state index contributed by atoms with van der Waals surface area (Å²) in [5, 5.41) is 3.08. The number of aryl methyl sites for hydroxylation is 1. The van der Waals surface area contributed by atoms with E-state index in [1.165, 1.54) is 10.6 Å². The Kier molecular flexibility index (Phi) is 11.3. The van der Waals surface area contributed by atoms with Gasteiger partial charge in [0.25, 0.3) is 0 Å². The van der Waals surface area contributed by atoms with E-state index in [2.05, 4.69) is 5.32 Å². The summed E-state index contributed by atoms with van der Waals surface area (Å²) in [6.07, 6.45) is 2.74. The van der Waals surface area contributed by atoms with E-state index >= 15 is 0 Å². The molecule has 2 amide bonds. The molecule has 3 aromatic rings. The molecule has 0 aliphatic rings. The van der Waals surface area contributed by atoms with Crippen LogP contribution in [-0.4, -0.2) is 50.0 Å². The highest BCUT2D eigenvalue weighted by Gasteiger charge is 2.31. The Hall–Kier alpha value is -3.65. The number of anilines is 1. The molecule has 0 aliphatic heterocycles. The largest absolute Gasteiger partial charge is 0.352 e. The number of carbonyl (C=O) groups excluding carboxylic acids is 2. The minimum atomic E-state index is -3.53. The molecule has 0 bridgehead atoms. The van der Waals surface area contributed by atoms with Crippen molar-refractivity contribution in [3.63, 3.8) is 0 Å². The number of amides is 2. The van der Waals surface area contributed by atoms with Crippen molar-refractivity contribution >= 4 is 27.5 Å². The van der Waals surface area contributed by atoms with E-state index in [1.54, 1.807) is 29.2 Å². The van der Waals surface area contributed by atoms with Gasteiger partial charge in [-0.1, -0.05) is 85.3 Å². The van der Waals surface area contributed by atoms with Crippen LogP contribution < -0.4 is 9.62 Å². The van der Waals surface area contributed by atoms with Crippen molar-refractivity contribution in [1.82, 2.24) is 10.2 Å². The molecule has 3 rings (SSSR count). The topological polar surface area (TPSA) is 86.8 Å². The van der Waals surface area contributed by atoms with Gasteiger partial charge < -0.3 is 10.2 Å². The Bertz CT molecular complexity index is 1350. The number of hydrogen-bond donors (Lipinski definition) is 1. The number of nitrogens with one attached hydrogen (secondary N) is 1. The summed E-state index contributed by atoms with van der Waals surface area (Å²) in [6.45, 7) is 6.40. The van der Waals surface area contributed by atoms with E-state index in [0.717, 1.165) is 23.1 Å². The summed E-state index contributed by atoms with van der Waals surface area (Å²) >= 11 is 0. The zero-order valence-electron chi connectivity index (χ0n) is 23.9. The highest BCUT2D eigenvalue weighted by atomic mass is 32.2. The molecular weight excluding hydrogens is 522 g/mol. The average molecular weight is 564 g/mol. The summed E-state index contributed by atoms with van der Waals surface area (Å²) in [5.41, 5.74) is 3.52. The van der Waals surface area contributed by atoms with Gasteiger partial charge in [-0.15, -0.1) is 0 Å². The molecule has 0 radical (unpaired) electrons. The van der Waals surface area contributed by atoms with Gasteiger partial charge in [-0.3, -0.25) is 13.9 Å². The van der Waals surface area contributed by atoms with Crippen LogP contribution in [0.3, 0.4) is 0 Å². The molecule has 0 heterocycles. The van der Waals surface area contributed by atoms with Gasteiger partial charge in [0.2, 0.25) is 21.8 Å². The van der Waals surface area contributed by atoms with Gasteiger partial charge in [0.1, 0.15) is 6.04 Å². The van der Waals surface area contributed by atoms with Gasteiger partial charge in [-0.2, -0.15) is 0 Å². The maximum Gasteiger partial charge on any atom is 0.243 e. The number of para-hydroxylation sites is 1. The van der Waals surface area contributed by atoms with Gasteiger partial charge in [-0.25, -0.2) is 8.42 Å². The van der Waals surface area contributed by atoms with E-state index in [4.69, 9.17) is 0 Å². The second-order valence-electron chi connectivity index (χ2n) is 10.3. The zero-order chi connectivity index (χ0) is 29.1. The molecule has 8 heteroatoms. The first-order chi connectivity index (χ1) is 19.1. The lowest BCUT2D eigenvalue weighted by molar-refractivity contribution is -0.141. The number of sulfonamides is 1. The normalized spacial score (nSPS) is 12.8. The van der Waals surface area contributed by atoms with Crippen LogP contribution in [0.4, 0.5) is 5.69 Å². The fraction of sp³-hybridized carbons (Fsp3) is 0.375. The van der Waals surface area contributed by atoms with Gasteiger partial charge in [0.15, 0.2) is 0 Å². The van der Waals surface area contributed by atoms with Crippen molar-refractivity contribution in [2.24, 2.45) is 0 Å². The second-order valence-corrected chi connectivity index (χ2v) is 12.2. The Morgan fingerprint density at radius 3 is 2.12 bits per heavy atom. The quantitative estimate of drug-likeness (QED) is 0.296. The molecule has 7 nitrogen and oxygen atoms in total. The first kappa shape index (κ1) is 30.9. The summed E-state index contributed by atoms with van der Waals surface area (Å²) < 4.78 is 26.4. The minimum Gasteiger partial charge on any atom is -0.352 e. The molecule has 214 valence electrons.